The van der Waals surface area contributed by atoms with E-state index in [1.807, 2.05) is 0 Å². The second-order valence-electron chi connectivity index (χ2n) is 3.75. The highest BCUT2D eigenvalue weighted by Crippen LogP contribution is 2.25. The molecular formula is C11H8F3N3O. The van der Waals surface area contributed by atoms with Gasteiger partial charge in [-0.25, -0.2) is 0 Å². The number of nitrogens with two attached hydrogens (primary N) is 1. The van der Waals surface area contributed by atoms with Crippen molar-refractivity contribution in [2.75, 3.05) is 0 Å². The van der Waals surface area contributed by atoms with E-state index in [0.29, 0.717) is 5.52 Å². The van der Waals surface area contributed by atoms with Gasteiger partial charge in [-0.05, 0) is 11.6 Å². The molecule has 0 saturated heterocycles. The van der Waals surface area contributed by atoms with Crippen molar-refractivity contribution in [2.24, 2.45) is 5.73 Å². The smallest absolute Gasteiger partial charge is 0.366 e. The van der Waals surface area contributed by atoms with E-state index in [-0.39, 0.29) is 16.5 Å². The summed E-state index contributed by atoms with van der Waals surface area (Å²) in [7, 11) is 0. The number of pyridine rings is 2. The fraction of sp³-hybridized carbons (Fsp3) is 0.182. The first-order valence-electron chi connectivity index (χ1n) is 4.96. The minimum atomic E-state index is -4.35. The number of hydrogen-bond donors (Lipinski definition) is 1. The Bertz CT molecular complexity index is 610. The van der Waals surface area contributed by atoms with Crippen molar-refractivity contribution in [3.05, 3.63) is 35.8 Å². The molecule has 0 atom stereocenters. The topological polar surface area (TPSA) is 68.9 Å². The van der Waals surface area contributed by atoms with E-state index in [1.165, 1.54) is 18.5 Å². The van der Waals surface area contributed by atoms with Crippen LogP contribution < -0.4 is 5.73 Å². The molecule has 0 radical (unpaired) electrons. The molecule has 0 aliphatic carbocycles. The second-order valence-corrected chi connectivity index (χ2v) is 3.75. The molecule has 2 aromatic heterocycles. The van der Waals surface area contributed by atoms with Crippen molar-refractivity contribution in [2.45, 2.75) is 12.6 Å². The van der Waals surface area contributed by atoms with Crippen LogP contribution in [0, 0.1) is 0 Å². The standard InChI is InChI=1S/C11H8F3N3O/c12-11(13,14)2-7-3-16-5-9-8(7)1-6(4-17-9)10(15)18/h1,3-5H,2H2,(H2,15,18). The van der Waals surface area contributed by atoms with Crippen molar-refractivity contribution in [1.29, 1.82) is 0 Å². The van der Waals surface area contributed by atoms with Crippen LogP contribution in [0.4, 0.5) is 13.2 Å². The monoisotopic (exact) mass is 255 g/mol. The Hall–Kier alpha value is -2.18. The molecule has 0 aliphatic heterocycles. The van der Waals surface area contributed by atoms with Crippen LogP contribution >= 0.6 is 0 Å². The number of carbonyl (C=O) groups excluding carboxylic acids is 1. The van der Waals surface area contributed by atoms with Crippen LogP contribution in [-0.4, -0.2) is 22.1 Å². The SMILES string of the molecule is NC(=O)c1cnc2cncc(CC(F)(F)F)c2c1. The van der Waals surface area contributed by atoms with Gasteiger partial charge >= 0.3 is 6.18 Å². The maximum Gasteiger partial charge on any atom is 0.393 e. The van der Waals surface area contributed by atoms with Crippen molar-refractivity contribution < 1.29 is 18.0 Å². The molecular weight excluding hydrogens is 247 g/mol. The van der Waals surface area contributed by atoms with Crippen LogP contribution in [-0.2, 0) is 6.42 Å². The first-order valence-corrected chi connectivity index (χ1v) is 4.96. The van der Waals surface area contributed by atoms with Gasteiger partial charge in [-0.2, -0.15) is 13.2 Å². The zero-order chi connectivity index (χ0) is 13.3. The summed E-state index contributed by atoms with van der Waals surface area (Å²) >= 11 is 0. The number of amides is 1. The molecule has 7 heteroatoms. The molecule has 0 bridgehead atoms. The van der Waals surface area contributed by atoms with E-state index >= 15 is 0 Å². The number of halogens is 3. The van der Waals surface area contributed by atoms with Crippen LogP contribution in [0.15, 0.2) is 24.7 Å². The van der Waals surface area contributed by atoms with E-state index in [4.69, 9.17) is 5.73 Å². The maximum absolute atomic E-state index is 12.4. The zero-order valence-corrected chi connectivity index (χ0v) is 9.03. The first-order chi connectivity index (χ1) is 8.37. The number of fused-ring (bicyclic) bond motifs is 1. The minimum Gasteiger partial charge on any atom is -0.366 e. The van der Waals surface area contributed by atoms with Crippen LogP contribution in [0.2, 0.25) is 0 Å². The summed E-state index contributed by atoms with van der Waals surface area (Å²) in [6.45, 7) is 0. The summed E-state index contributed by atoms with van der Waals surface area (Å²) < 4.78 is 37.2. The summed E-state index contributed by atoms with van der Waals surface area (Å²) in [4.78, 5) is 18.5. The summed E-state index contributed by atoms with van der Waals surface area (Å²) in [5.74, 6) is -0.737. The molecule has 18 heavy (non-hydrogen) atoms. The third kappa shape index (κ3) is 2.55. The Morgan fingerprint density at radius 1 is 1.28 bits per heavy atom. The van der Waals surface area contributed by atoms with Gasteiger partial charge in [-0.3, -0.25) is 14.8 Å². The lowest BCUT2D eigenvalue weighted by Gasteiger charge is -2.09. The molecule has 0 saturated carbocycles. The Morgan fingerprint density at radius 2 is 2.00 bits per heavy atom. The molecule has 0 aromatic carbocycles. The van der Waals surface area contributed by atoms with Gasteiger partial charge in [0.2, 0.25) is 5.91 Å². The lowest BCUT2D eigenvalue weighted by Crippen LogP contribution is -2.13. The van der Waals surface area contributed by atoms with Gasteiger partial charge in [0, 0.05) is 17.8 Å². The Labute approximate surface area is 99.6 Å². The van der Waals surface area contributed by atoms with Gasteiger partial charge < -0.3 is 5.73 Å². The third-order valence-corrected chi connectivity index (χ3v) is 2.37. The molecule has 0 spiro atoms. The molecule has 4 nitrogen and oxygen atoms in total. The van der Waals surface area contributed by atoms with E-state index in [9.17, 15) is 18.0 Å². The van der Waals surface area contributed by atoms with Crippen molar-refractivity contribution >= 4 is 16.8 Å². The lowest BCUT2D eigenvalue weighted by atomic mass is 10.1. The van der Waals surface area contributed by atoms with E-state index in [2.05, 4.69) is 9.97 Å². The molecule has 1 amide bonds. The molecule has 2 heterocycles. The van der Waals surface area contributed by atoms with Gasteiger partial charge in [0.1, 0.15) is 0 Å². The Balaban J connectivity index is 2.59. The molecule has 94 valence electrons. The fourth-order valence-corrected chi connectivity index (χ4v) is 1.59. The average molecular weight is 255 g/mol. The van der Waals surface area contributed by atoms with Gasteiger partial charge in [-0.15, -0.1) is 0 Å². The van der Waals surface area contributed by atoms with Gasteiger partial charge in [0.05, 0.1) is 23.7 Å². The average Bonchev–Trinajstić information content (AvgIpc) is 2.26. The molecule has 2 N–H and O–H groups in total. The number of primary amides is 1. The summed E-state index contributed by atoms with van der Waals surface area (Å²) in [6, 6.07) is 1.30. The summed E-state index contributed by atoms with van der Waals surface area (Å²) in [5, 5.41) is 0.235. The number of alkyl halides is 3. The first kappa shape index (κ1) is 12.3. The Morgan fingerprint density at radius 3 is 2.61 bits per heavy atom. The highest BCUT2D eigenvalue weighted by atomic mass is 19.4. The maximum atomic E-state index is 12.4. The second kappa shape index (κ2) is 4.25. The number of rotatable bonds is 2. The van der Waals surface area contributed by atoms with Crippen LogP contribution in [0.25, 0.3) is 10.9 Å². The summed E-state index contributed by atoms with van der Waals surface area (Å²) in [5.41, 5.74) is 5.39. The van der Waals surface area contributed by atoms with E-state index in [1.54, 1.807) is 0 Å². The number of aromatic nitrogens is 2. The van der Waals surface area contributed by atoms with Crippen molar-refractivity contribution in [1.82, 2.24) is 9.97 Å². The van der Waals surface area contributed by atoms with Crippen LogP contribution in [0.3, 0.4) is 0 Å². The van der Waals surface area contributed by atoms with E-state index < -0.39 is 18.5 Å². The van der Waals surface area contributed by atoms with Gasteiger partial charge in [0.15, 0.2) is 0 Å². The van der Waals surface area contributed by atoms with Crippen molar-refractivity contribution in [3.8, 4) is 0 Å². The number of hydrogen-bond acceptors (Lipinski definition) is 3. The highest BCUT2D eigenvalue weighted by Gasteiger charge is 2.28. The minimum absolute atomic E-state index is 0.0319. The lowest BCUT2D eigenvalue weighted by molar-refractivity contribution is -0.127. The predicted octanol–water partition coefficient (Wildman–Crippen LogP) is 1.83. The zero-order valence-electron chi connectivity index (χ0n) is 9.03. The molecule has 0 unspecified atom stereocenters. The predicted molar refractivity (Wildman–Crippen MR) is 57.8 cm³/mol. The largest absolute Gasteiger partial charge is 0.393 e. The summed E-state index contributed by atoms with van der Waals surface area (Å²) in [6.07, 6.45) is -1.81. The third-order valence-electron chi connectivity index (χ3n) is 2.37. The Kier molecular flexibility index (Phi) is 2.90. The van der Waals surface area contributed by atoms with Crippen LogP contribution in [0.5, 0.6) is 0 Å². The molecule has 2 aromatic rings. The highest BCUT2D eigenvalue weighted by molar-refractivity contribution is 5.96. The van der Waals surface area contributed by atoms with Crippen LogP contribution in [0.1, 0.15) is 15.9 Å². The van der Waals surface area contributed by atoms with Crippen molar-refractivity contribution in [3.63, 3.8) is 0 Å². The normalized spacial score (nSPS) is 11.7. The quantitative estimate of drug-likeness (QED) is 0.890. The molecule has 0 aliphatic rings. The molecule has 0 fully saturated rings. The molecule has 2 rings (SSSR count). The van der Waals surface area contributed by atoms with E-state index in [0.717, 1.165) is 6.20 Å². The van der Waals surface area contributed by atoms with Gasteiger partial charge in [-0.1, -0.05) is 0 Å². The number of carbonyl (C=O) groups is 1. The van der Waals surface area contributed by atoms with Gasteiger partial charge in [0.25, 0.3) is 0 Å². The fourth-order valence-electron chi connectivity index (χ4n) is 1.59. The number of nitrogens with zero attached hydrogens (tertiary/aromatic N) is 2.